The Morgan fingerprint density at radius 2 is 2.10 bits per heavy atom. The van der Waals surface area contributed by atoms with Crippen molar-refractivity contribution >= 4 is 23.5 Å². The number of carbonyl (C=O) groups excluding carboxylic acids is 1. The second kappa shape index (κ2) is 13.9. The van der Waals surface area contributed by atoms with E-state index in [1.54, 1.807) is 21.9 Å². The predicted octanol–water partition coefficient (Wildman–Crippen LogP) is 3.33. The van der Waals surface area contributed by atoms with Crippen molar-refractivity contribution in [3.05, 3.63) is 95.1 Å². The highest BCUT2D eigenvalue weighted by atomic mass is 16.5. The summed E-state index contributed by atoms with van der Waals surface area (Å²) < 4.78 is 12.6. The Hall–Kier alpha value is -4.44. The molecule has 10 nitrogen and oxygen atoms in total. The monoisotopic (exact) mass is 530 g/mol. The summed E-state index contributed by atoms with van der Waals surface area (Å²) in [6.07, 6.45) is 18.9. The van der Waals surface area contributed by atoms with Crippen LogP contribution in [0.15, 0.2) is 83.7 Å². The number of ether oxygens (including phenoxy) is 2. The number of aryl methyl sites for hydroxylation is 1. The van der Waals surface area contributed by atoms with Gasteiger partial charge in [0.05, 0.1) is 25.1 Å². The number of hydrogen-bond donors (Lipinski definition) is 3. The minimum Gasteiger partial charge on any atom is -0.484 e. The maximum atomic E-state index is 12.1. The quantitative estimate of drug-likeness (QED) is 0.389. The molecule has 2 aromatic rings. The number of rotatable bonds is 6. The summed E-state index contributed by atoms with van der Waals surface area (Å²) in [6, 6.07) is 6.10. The molecule has 2 heterocycles. The minimum absolute atomic E-state index is 0.0167. The van der Waals surface area contributed by atoms with E-state index in [0.717, 1.165) is 35.4 Å². The Morgan fingerprint density at radius 1 is 1.26 bits per heavy atom. The van der Waals surface area contributed by atoms with Crippen molar-refractivity contribution < 1.29 is 19.5 Å². The first kappa shape index (κ1) is 27.6. The molecule has 3 N–H and O–H groups in total. The number of anilines is 1. The van der Waals surface area contributed by atoms with Crippen molar-refractivity contribution in [2.75, 3.05) is 45.3 Å². The molecule has 0 atom stereocenters. The minimum atomic E-state index is -0.0167. The standard InChI is InChI=1S/C19H22N4O3.C10H12N2O/c20-18-14-21-7-9-22(18)8-6-16-2-1-3-17(5-4-16)26-15-19(24)23-10-12-25-13-11-23;1-11-8-3-4-9-7(6-8)2-5-10(9)12-13/h2-9,14,20H,1,10-13,15H2;3-4,6,11,13H,2,5H2,1H3/b8-6+,20-18?;12-10+. The van der Waals surface area contributed by atoms with Crippen molar-refractivity contribution in [2.24, 2.45) is 5.16 Å². The summed E-state index contributed by atoms with van der Waals surface area (Å²) in [4.78, 5) is 17.8. The van der Waals surface area contributed by atoms with E-state index in [-0.39, 0.29) is 12.5 Å². The number of hydrogen-bond acceptors (Lipinski definition) is 8. The molecule has 204 valence electrons. The fraction of sp³-hybridized carbons (Fsp3) is 0.310. The molecule has 0 unspecified atom stereocenters. The van der Waals surface area contributed by atoms with Crippen molar-refractivity contribution in [1.82, 2.24) is 14.5 Å². The molecule has 2 aliphatic carbocycles. The Morgan fingerprint density at radius 3 is 2.87 bits per heavy atom. The van der Waals surface area contributed by atoms with E-state index in [2.05, 4.69) is 27.6 Å². The summed E-state index contributed by atoms with van der Waals surface area (Å²) in [5.41, 5.74) is 5.57. The van der Waals surface area contributed by atoms with Gasteiger partial charge in [0, 0.05) is 50.0 Å². The lowest BCUT2D eigenvalue weighted by molar-refractivity contribution is -0.138. The first-order valence-electron chi connectivity index (χ1n) is 12.9. The molecule has 1 saturated heterocycles. The maximum absolute atomic E-state index is 12.1. The van der Waals surface area contributed by atoms with Crippen LogP contribution in [0, 0.1) is 5.41 Å². The van der Waals surface area contributed by atoms with E-state index in [1.165, 1.54) is 11.8 Å². The van der Waals surface area contributed by atoms with Crippen LogP contribution in [0.2, 0.25) is 0 Å². The largest absolute Gasteiger partial charge is 0.484 e. The number of nitrogens with zero attached hydrogens (tertiary/aromatic N) is 4. The molecule has 3 aliphatic rings. The van der Waals surface area contributed by atoms with Gasteiger partial charge < -0.3 is 29.5 Å². The van der Waals surface area contributed by atoms with Gasteiger partial charge in [0.1, 0.15) is 11.2 Å². The smallest absolute Gasteiger partial charge is 0.260 e. The van der Waals surface area contributed by atoms with Gasteiger partial charge in [0.15, 0.2) is 6.61 Å². The summed E-state index contributed by atoms with van der Waals surface area (Å²) in [6.45, 7) is 2.46. The highest BCUT2D eigenvalue weighted by molar-refractivity contribution is 6.04. The molecule has 39 heavy (non-hydrogen) atoms. The SMILES string of the molecule is CNc1ccc2c(c1)CC/C2=N\O.N=c1cnccn1/C=C/C1=CCC=C(OCC(=O)N2CCOCC2)C=C1. The number of morpholine rings is 1. The molecular weight excluding hydrogens is 496 g/mol. The maximum Gasteiger partial charge on any atom is 0.260 e. The van der Waals surface area contributed by atoms with Crippen molar-refractivity contribution in [2.45, 2.75) is 19.3 Å². The number of amides is 1. The normalized spacial score (nSPS) is 17.6. The van der Waals surface area contributed by atoms with Crippen LogP contribution < -0.4 is 10.8 Å². The summed E-state index contributed by atoms with van der Waals surface area (Å²) >= 11 is 0. The van der Waals surface area contributed by atoms with Crippen LogP contribution in [-0.2, 0) is 20.7 Å². The van der Waals surface area contributed by atoms with Crippen LogP contribution in [0.1, 0.15) is 24.0 Å². The topological polar surface area (TPSA) is 125 Å². The average Bonchev–Trinajstić information content (AvgIpc) is 3.26. The molecule has 5 rings (SSSR count). The summed E-state index contributed by atoms with van der Waals surface area (Å²) in [5.74, 6) is 0.668. The fourth-order valence-corrected chi connectivity index (χ4v) is 4.30. The van der Waals surface area contributed by atoms with Crippen LogP contribution in [0.5, 0.6) is 0 Å². The molecule has 1 aliphatic heterocycles. The Balaban J connectivity index is 0.000000226. The van der Waals surface area contributed by atoms with Crippen molar-refractivity contribution in [3.8, 4) is 0 Å². The van der Waals surface area contributed by atoms with Crippen LogP contribution in [0.4, 0.5) is 5.69 Å². The molecule has 0 radical (unpaired) electrons. The Labute approximate surface area is 227 Å². The third-order valence-corrected chi connectivity index (χ3v) is 6.51. The van der Waals surface area contributed by atoms with E-state index in [0.29, 0.717) is 44.0 Å². The second-order valence-corrected chi connectivity index (χ2v) is 9.01. The molecule has 1 fully saturated rings. The van der Waals surface area contributed by atoms with Gasteiger partial charge in [-0.25, -0.2) is 0 Å². The third kappa shape index (κ3) is 7.78. The van der Waals surface area contributed by atoms with Crippen LogP contribution >= 0.6 is 0 Å². The Kier molecular flexibility index (Phi) is 9.85. The lowest BCUT2D eigenvalue weighted by atomic mass is 10.1. The number of aromatic nitrogens is 2. The van der Waals surface area contributed by atoms with Gasteiger partial charge in [-0.1, -0.05) is 23.4 Å². The van der Waals surface area contributed by atoms with Gasteiger partial charge in [-0.2, -0.15) is 0 Å². The van der Waals surface area contributed by atoms with Gasteiger partial charge in [0.25, 0.3) is 5.91 Å². The summed E-state index contributed by atoms with van der Waals surface area (Å²) in [5, 5.41) is 22.9. The summed E-state index contributed by atoms with van der Waals surface area (Å²) in [7, 11) is 1.90. The fourth-order valence-electron chi connectivity index (χ4n) is 4.30. The van der Waals surface area contributed by atoms with Gasteiger partial charge in [-0.15, -0.1) is 0 Å². The molecule has 1 aromatic heterocycles. The molecule has 0 saturated carbocycles. The zero-order valence-electron chi connectivity index (χ0n) is 22.0. The molecule has 1 amide bonds. The number of allylic oxidation sites excluding steroid dienone is 6. The van der Waals surface area contributed by atoms with E-state index in [9.17, 15) is 4.79 Å². The van der Waals surface area contributed by atoms with Crippen LogP contribution in [-0.4, -0.2) is 71.2 Å². The van der Waals surface area contributed by atoms with E-state index in [4.69, 9.17) is 20.1 Å². The number of oxime groups is 1. The lowest BCUT2D eigenvalue weighted by Gasteiger charge is -2.26. The molecule has 1 aromatic carbocycles. The second-order valence-electron chi connectivity index (χ2n) is 9.01. The predicted molar refractivity (Wildman–Crippen MR) is 149 cm³/mol. The van der Waals surface area contributed by atoms with Crippen molar-refractivity contribution in [1.29, 1.82) is 5.41 Å². The first-order valence-corrected chi connectivity index (χ1v) is 12.9. The number of nitrogens with one attached hydrogen (secondary N) is 2. The van der Waals surface area contributed by atoms with Gasteiger partial charge in [-0.3, -0.25) is 15.2 Å². The highest BCUT2D eigenvalue weighted by Crippen LogP contribution is 2.25. The van der Waals surface area contributed by atoms with E-state index >= 15 is 0 Å². The highest BCUT2D eigenvalue weighted by Gasteiger charge is 2.18. The molecule has 10 heteroatoms. The van der Waals surface area contributed by atoms with Crippen LogP contribution in [0.3, 0.4) is 0 Å². The zero-order chi connectivity index (χ0) is 27.5. The first-order chi connectivity index (χ1) is 19.1. The van der Waals surface area contributed by atoms with Gasteiger partial charge >= 0.3 is 0 Å². The third-order valence-electron chi connectivity index (χ3n) is 6.51. The number of carbonyl (C=O) groups is 1. The molecule has 0 spiro atoms. The number of benzene rings is 1. The Bertz CT molecular complexity index is 1370. The van der Waals surface area contributed by atoms with E-state index < -0.39 is 0 Å². The average molecular weight is 531 g/mol. The molecular formula is C29H34N6O4. The number of fused-ring (bicyclic) bond motifs is 1. The van der Waals surface area contributed by atoms with Crippen LogP contribution in [0.25, 0.3) is 6.20 Å². The van der Waals surface area contributed by atoms with Crippen molar-refractivity contribution in [3.63, 3.8) is 0 Å². The molecule has 0 bridgehead atoms. The lowest BCUT2D eigenvalue weighted by Crippen LogP contribution is -2.42. The van der Waals surface area contributed by atoms with Gasteiger partial charge in [-0.05, 0) is 60.8 Å². The van der Waals surface area contributed by atoms with Gasteiger partial charge in [0.2, 0.25) is 0 Å². The zero-order valence-corrected chi connectivity index (χ0v) is 22.0. The van der Waals surface area contributed by atoms with E-state index in [1.807, 2.05) is 49.7 Å².